The van der Waals surface area contributed by atoms with Crippen molar-refractivity contribution in [1.82, 2.24) is 4.90 Å². The van der Waals surface area contributed by atoms with Crippen molar-refractivity contribution in [3.63, 3.8) is 0 Å². The van der Waals surface area contributed by atoms with Crippen LogP contribution in [0.25, 0.3) is 0 Å². The monoisotopic (exact) mass is 242 g/mol. The molecule has 3 atom stereocenters. The predicted molar refractivity (Wildman–Crippen MR) is 64.4 cm³/mol. The van der Waals surface area contributed by atoms with Crippen LogP contribution in [0.4, 0.5) is 0 Å². The van der Waals surface area contributed by atoms with Gasteiger partial charge in [0.25, 0.3) is 0 Å². The summed E-state index contributed by atoms with van der Waals surface area (Å²) in [5, 5.41) is 8.78. The molecule has 3 unspecified atom stereocenters. The number of carboxylic acid groups (broad SMARTS) is 1. The number of amides is 1. The van der Waals surface area contributed by atoms with E-state index in [9.17, 15) is 9.59 Å². The third-order valence-electron chi connectivity index (χ3n) is 3.46. The Morgan fingerprint density at radius 2 is 2.12 bits per heavy atom. The van der Waals surface area contributed by atoms with Crippen LogP contribution in [-0.2, 0) is 9.59 Å². The quantitative estimate of drug-likeness (QED) is 0.759. The Hall–Kier alpha value is -1.10. The maximum absolute atomic E-state index is 11.8. The number of hydrogen-bond donors (Lipinski definition) is 2. The Morgan fingerprint density at radius 3 is 2.65 bits per heavy atom. The fourth-order valence-electron chi connectivity index (χ4n) is 2.40. The number of nitrogens with zero attached hydrogens (tertiary/aromatic N) is 1. The summed E-state index contributed by atoms with van der Waals surface area (Å²) in [6.45, 7) is 5.02. The summed E-state index contributed by atoms with van der Waals surface area (Å²) in [7, 11) is 0. The average Bonchev–Trinajstić information content (AvgIpc) is 2.27. The van der Waals surface area contributed by atoms with Gasteiger partial charge in [0.1, 0.15) is 0 Å². The maximum Gasteiger partial charge on any atom is 0.303 e. The van der Waals surface area contributed by atoms with Crippen molar-refractivity contribution >= 4 is 11.9 Å². The minimum atomic E-state index is -0.770. The lowest BCUT2D eigenvalue weighted by atomic mass is 9.84. The summed E-state index contributed by atoms with van der Waals surface area (Å²) >= 11 is 0. The van der Waals surface area contributed by atoms with E-state index in [1.807, 2.05) is 6.92 Å². The molecule has 0 aromatic heterocycles. The van der Waals surface area contributed by atoms with Crippen molar-refractivity contribution in [3.05, 3.63) is 0 Å². The highest BCUT2D eigenvalue weighted by molar-refractivity contribution is 5.81. The summed E-state index contributed by atoms with van der Waals surface area (Å²) in [5.41, 5.74) is 5.58. The van der Waals surface area contributed by atoms with Crippen LogP contribution in [0.15, 0.2) is 0 Å². The van der Waals surface area contributed by atoms with Gasteiger partial charge < -0.3 is 15.7 Å². The lowest BCUT2D eigenvalue weighted by Crippen LogP contribution is -2.47. The van der Waals surface area contributed by atoms with Crippen molar-refractivity contribution in [1.29, 1.82) is 0 Å². The Labute approximate surface area is 102 Å². The molecule has 0 spiro atoms. The van der Waals surface area contributed by atoms with Crippen molar-refractivity contribution in [2.45, 2.75) is 39.2 Å². The molecule has 0 aromatic rings. The van der Waals surface area contributed by atoms with Crippen LogP contribution >= 0.6 is 0 Å². The number of likely N-dealkylation sites (tertiary alicyclic amines) is 1. The third kappa shape index (κ3) is 4.00. The first-order valence-corrected chi connectivity index (χ1v) is 6.18. The second-order valence-corrected chi connectivity index (χ2v) is 5.05. The zero-order valence-corrected chi connectivity index (χ0v) is 10.6. The summed E-state index contributed by atoms with van der Waals surface area (Å²) in [4.78, 5) is 24.2. The molecule has 98 valence electrons. The van der Waals surface area contributed by atoms with Crippen LogP contribution in [0, 0.1) is 11.8 Å². The van der Waals surface area contributed by atoms with E-state index in [2.05, 4.69) is 0 Å². The number of aliphatic carboxylic acids is 1. The fraction of sp³-hybridized carbons (Fsp3) is 0.833. The molecule has 1 rings (SSSR count). The van der Waals surface area contributed by atoms with Gasteiger partial charge in [-0.1, -0.05) is 6.92 Å². The van der Waals surface area contributed by atoms with E-state index in [-0.39, 0.29) is 24.2 Å². The van der Waals surface area contributed by atoms with Crippen molar-refractivity contribution < 1.29 is 14.7 Å². The van der Waals surface area contributed by atoms with E-state index < -0.39 is 12.0 Å². The Kier molecular flexibility index (Phi) is 4.93. The molecule has 0 aromatic carbocycles. The van der Waals surface area contributed by atoms with Crippen LogP contribution in [-0.4, -0.2) is 41.0 Å². The lowest BCUT2D eigenvalue weighted by molar-refractivity contribution is -0.138. The number of hydrogen-bond acceptors (Lipinski definition) is 3. The standard InChI is InChI=1S/C12H22N2O3/c1-8(6-11(15)16)10-4-3-5-14(7-10)12(17)9(2)13/h8-10H,3-7,13H2,1-2H3,(H,15,16). The minimum Gasteiger partial charge on any atom is -0.481 e. The fourth-order valence-corrected chi connectivity index (χ4v) is 2.40. The van der Waals surface area contributed by atoms with Gasteiger partial charge >= 0.3 is 5.97 Å². The predicted octanol–water partition coefficient (Wildman–Crippen LogP) is 0.683. The van der Waals surface area contributed by atoms with Crippen LogP contribution in [0.5, 0.6) is 0 Å². The van der Waals surface area contributed by atoms with E-state index in [0.717, 1.165) is 19.4 Å². The molecule has 17 heavy (non-hydrogen) atoms. The lowest BCUT2D eigenvalue weighted by Gasteiger charge is -2.36. The van der Waals surface area contributed by atoms with Gasteiger partial charge in [-0.2, -0.15) is 0 Å². The smallest absolute Gasteiger partial charge is 0.303 e. The molecule has 5 nitrogen and oxygen atoms in total. The number of carbonyl (C=O) groups excluding carboxylic acids is 1. The third-order valence-corrected chi connectivity index (χ3v) is 3.46. The first kappa shape index (κ1) is 14.0. The molecular formula is C12H22N2O3. The van der Waals surface area contributed by atoms with Gasteiger partial charge in [0, 0.05) is 19.5 Å². The first-order valence-electron chi connectivity index (χ1n) is 6.18. The van der Waals surface area contributed by atoms with Gasteiger partial charge in [-0.25, -0.2) is 0 Å². The van der Waals surface area contributed by atoms with E-state index in [4.69, 9.17) is 10.8 Å². The van der Waals surface area contributed by atoms with Crippen LogP contribution in [0.1, 0.15) is 33.1 Å². The Morgan fingerprint density at radius 1 is 1.47 bits per heavy atom. The van der Waals surface area contributed by atoms with Gasteiger partial charge in [-0.3, -0.25) is 9.59 Å². The molecule has 0 saturated carbocycles. The highest BCUT2D eigenvalue weighted by Crippen LogP contribution is 2.26. The molecule has 0 bridgehead atoms. The highest BCUT2D eigenvalue weighted by atomic mass is 16.4. The molecule has 1 heterocycles. The minimum absolute atomic E-state index is 0.0303. The molecule has 1 aliphatic rings. The molecular weight excluding hydrogens is 220 g/mol. The molecule has 0 aliphatic carbocycles. The normalized spacial score (nSPS) is 24.2. The van der Waals surface area contributed by atoms with E-state index in [1.165, 1.54) is 0 Å². The summed E-state index contributed by atoms with van der Waals surface area (Å²) in [5.74, 6) is -0.413. The number of piperidine rings is 1. The van der Waals surface area contributed by atoms with Crippen LogP contribution in [0.2, 0.25) is 0 Å². The number of carboxylic acids is 1. The van der Waals surface area contributed by atoms with Crippen molar-refractivity contribution in [3.8, 4) is 0 Å². The van der Waals surface area contributed by atoms with Crippen molar-refractivity contribution in [2.24, 2.45) is 17.6 Å². The Bertz CT molecular complexity index is 291. The molecule has 1 saturated heterocycles. The second kappa shape index (κ2) is 6.00. The average molecular weight is 242 g/mol. The summed E-state index contributed by atoms with van der Waals surface area (Å²) in [6.07, 6.45) is 2.11. The molecule has 3 N–H and O–H groups in total. The zero-order chi connectivity index (χ0) is 13.0. The Balaban J connectivity index is 2.54. The zero-order valence-electron chi connectivity index (χ0n) is 10.6. The van der Waals surface area contributed by atoms with Gasteiger partial charge in [0.05, 0.1) is 6.04 Å². The molecule has 1 aliphatic heterocycles. The summed E-state index contributed by atoms with van der Waals surface area (Å²) < 4.78 is 0. The highest BCUT2D eigenvalue weighted by Gasteiger charge is 2.29. The van der Waals surface area contributed by atoms with Gasteiger partial charge in [-0.05, 0) is 31.6 Å². The topological polar surface area (TPSA) is 83.6 Å². The number of carbonyl (C=O) groups is 2. The largest absolute Gasteiger partial charge is 0.481 e. The van der Waals surface area contributed by atoms with Crippen LogP contribution < -0.4 is 5.73 Å². The molecule has 1 amide bonds. The first-order chi connectivity index (χ1) is 7.91. The van der Waals surface area contributed by atoms with Gasteiger partial charge in [-0.15, -0.1) is 0 Å². The van der Waals surface area contributed by atoms with Gasteiger partial charge in [0.2, 0.25) is 5.91 Å². The number of nitrogens with two attached hydrogens (primary N) is 1. The SMILES string of the molecule is CC(N)C(=O)N1CCCC(C(C)CC(=O)O)C1. The van der Waals surface area contributed by atoms with Gasteiger partial charge in [0.15, 0.2) is 0 Å². The second-order valence-electron chi connectivity index (χ2n) is 5.05. The van der Waals surface area contributed by atoms with Crippen molar-refractivity contribution in [2.75, 3.05) is 13.1 Å². The molecule has 1 fully saturated rings. The van der Waals surface area contributed by atoms with E-state index in [1.54, 1.807) is 11.8 Å². The van der Waals surface area contributed by atoms with Crippen LogP contribution in [0.3, 0.4) is 0 Å². The molecule has 5 heteroatoms. The maximum atomic E-state index is 11.8. The molecule has 0 radical (unpaired) electrons. The summed E-state index contributed by atoms with van der Waals surface area (Å²) in [6, 6.07) is -0.469. The van der Waals surface area contributed by atoms with E-state index in [0.29, 0.717) is 6.54 Å². The number of rotatable bonds is 4. The van der Waals surface area contributed by atoms with E-state index >= 15 is 0 Å².